The zero-order valence-electron chi connectivity index (χ0n) is 14.6. The summed E-state index contributed by atoms with van der Waals surface area (Å²) < 4.78 is 0. The van der Waals surface area contributed by atoms with Crippen molar-refractivity contribution >= 4 is 29.2 Å². The Labute approximate surface area is 157 Å². The Balaban J connectivity index is 1.74. The average molecular weight is 369 g/mol. The number of para-hydroxylation sites is 1. The number of rotatable bonds is 6. The Bertz CT molecular complexity index is 854. The van der Waals surface area contributed by atoms with Crippen LogP contribution in [0, 0.1) is 0 Å². The van der Waals surface area contributed by atoms with Gasteiger partial charge in [0.05, 0.1) is 6.04 Å². The highest BCUT2D eigenvalue weighted by molar-refractivity contribution is 6.30. The van der Waals surface area contributed by atoms with E-state index in [4.69, 9.17) is 17.3 Å². The molecule has 0 saturated heterocycles. The Hall–Kier alpha value is -2.70. The molecule has 0 radical (unpaired) electrons. The fourth-order valence-electron chi connectivity index (χ4n) is 2.61. The maximum Gasteiger partial charge on any atom is 0.232 e. The number of benzene rings is 2. The van der Waals surface area contributed by atoms with Crippen molar-refractivity contribution in [2.24, 2.45) is 0 Å². The molecule has 0 aliphatic heterocycles. The Kier molecular flexibility index (Phi) is 5.65. The summed E-state index contributed by atoms with van der Waals surface area (Å²) >= 11 is 5.95. The van der Waals surface area contributed by atoms with Gasteiger partial charge in [-0.25, -0.2) is 0 Å². The molecule has 134 valence electrons. The van der Waals surface area contributed by atoms with Crippen LogP contribution in [-0.2, 0) is 0 Å². The van der Waals surface area contributed by atoms with Gasteiger partial charge in [0.25, 0.3) is 0 Å². The van der Waals surface area contributed by atoms with Gasteiger partial charge in [-0.3, -0.25) is 0 Å². The third-order valence-corrected chi connectivity index (χ3v) is 4.21. The number of nitrogens with two attached hydrogens (primary N) is 1. The molecule has 3 aromatic rings. The number of nitrogens with one attached hydrogen (secondary N) is 2. The molecule has 0 aliphatic rings. The van der Waals surface area contributed by atoms with Crippen molar-refractivity contribution in [2.45, 2.75) is 25.9 Å². The van der Waals surface area contributed by atoms with E-state index in [1.54, 1.807) is 0 Å². The molecule has 0 aliphatic carbocycles. The predicted molar refractivity (Wildman–Crippen MR) is 105 cm³/mol. The summed E-state index contributed by atoms with van der Waals surface area (Å²) in [7, 11) is 0. The molecule has 0 fully saturated rings. The summed E-state index contributed by atoms with van der Waals surface area (Å²) in [5.74, 6) is 1.18. The van der Waals surface area contributed by atoms with Crippen molar-refractivity contribution in [3.8, 4) is 0 Å². The minimum absolute atomic E-state index is 0.103. The molecule has 2 atom stereocenters. The molecule has 0 saturated carbocycles. The summed E-state index contributed by atoms with van der Waals surface area (Å²) in [6.45, 7) is 4.07. The van der Waals surface area contributed by atoms with Crippen LogP contribution in [0.1, 0.15) is 37.3 Å². The molecule has 3 rings (SSSR count). The number of hydrogen-bond acceptors (Lipinski definition) is 6. The molecular formula is C19H21ClN6. The van der Waals surface area contributed by atoms with Gasteiger partial charge in [-0.2, -0.15) is 15.0 Å². The summed E-state index contributed by atoms with van der Waals surface area (Å²) in [4.78, 5) is 12.9. The molecule has 1 heterocycles. The summed E-state index contributed by atoms with van der Waals surface area (Å²) in [5.41, 5.74) is 7.88. The fraction of sp³-hybridized carbons (Fsp3) is 0.211. The van der Waals surface area contributed by atoms with Crippen LogP contribution in [0.25, 0.3) is 0 Å². The van der Waals surface area contributed by atoms with Crippen LogP contribution >= 0.6 is 11.6 Å². The molecular weight excluding hydrogens is 348 g/mol. The van der Waals surface area contributed by atoms with Gasteiger partial charge < -0.3 is 16.4 Å². The van der Waals surface area contributed by atoms with Gasteiger partial charge in [0.2, 0.25) is 11.9 Å². The van der Waals surface area contributed by atoms with Gasteiger partial charge in [-0.15, -0.1) is 0 Å². The number of anilines is 3. The van der Waals surface area contributed by atoms with E-state index >= 15 is 0 Å². The zero-order valence-corrected chi connectivity index (χ0v) is 15.4. The quantitative estimate of drug-likeness (QED) is 0.602. The third kappa shape index (κ3) is 4.68. The first-order chi connectivity index (χ1) is 12.5. The number of nitrogen functional groups attached to an aromatic ring is 1. The van der Waals surface area contributed by atoms with Crippen LogP contribution in [0.15, 0.2) is 54.6 Å². The summed E-state index contributed by atoms with van der Waals surface area (Å²) in [6.07, 6.45) is 0. The van der Waals surface area contributed by atoms with Crippen molar-refractivity contribution in [1.82, 2.24) is 20.3 Å². The second-order valence-corrected chi connectivity index (χ2v) is 6.46. The smallest absolute Gasteiger partial charge is 0.232 e. The third-order valence-electron chi connectivity index (χ3n) is 3.96. The van der Waals surface area contributed by atoms with Crippen LogP contribution in [-0.4, -0.2) is 15.0 Å². The van der Waals surface area contributed by atoms with Gasteiger partial charge in [-0.05, 0) is 43.7 Å². The lowest BCUT2D eigenvalue weighted by atomic mass is 10.1. The van der Waals surface area contributed by atoms with Crippen molar-refractivity contribution in [3.63, 3.8) is 0 Å². The van der Waals surface area contributed by atoms with Crippen molar-refractivity contribution < 1.29 is 0 Å². The second kappa shape index (κ2) is 8.12. The van der Waals surface area contributed by atoms with Crippen LogP contribution < -0.4 is 16.4 Å². The molecule has 0 unspecified atom stereocenters. The molecule has 4 N–H and O–H groups in total. The van der Waals surface area contributed by atoms with E-state index in [0.717, 1.165) is 16.3 Å². The van der Waals surface area contributed by atoms with Crippen LogP contribution in [0.3, 0.4) is 0 Å². The lowest BCUT2D eigenvalue weighted by Crippen LogP contribution is -2.25. The summed E-state index contributed by atoms with van der Waals surface area (Å²) in [5, 5.41) is 7.34. The molecule has 6 nitrogen and oxygen atoms in total. The molecule has 0 amide bonds. The van der Waals surface area contributed by atoms with E-state index in [1.165, 1.54) is 0 Å². The first-order valence-electron chi connectivity index (χ1n) is 8.36. The fourth-order valence-corrected chi connectivity index (χ4v) is 2.73. The van der Waals surface area contributed by atoms with E-state index in [2.05, 4.69) is 32.5 Å². The van der Waals surface area contributed by atoms with Gasteiger partial charge in [0.1, 0.15) is 0 Å². The average Bonchev–Trinajstić information content (AvgIpc) is 2.62. The molecule has 1 aromatic heterocycles. The predicted octanol–water partition coefficient (Wildman–Crippen LogP) is 4.26. The number of nitrogens with zero attached hydrogens (tertiary/aromatic N) is 3. The Morgan fingerprint density at radius 1 is 0.885 bits per heavy atom. The molecule has 7 heteroatoms. The minimum Gasteiger partial charge on any atom is -0.368 e. The normalized spacial score (nSPS) is 13.2. The Morgan fingerprint density at radius 2 is 1.58 bits per heavy atom. The van der Waals surface area contributed by atoms with E-state index in [0.29, 0.717) is 11.8 Å². The first kappa shape index (κ1) is 18.1. The lowest BCUT2D eigenvalue weighted by molar-refractivity contribution is 0.476. The SMILES string of the molecule is C[C@@H](N[C@H](C)c1nc(N)nc(Nc2ccccc2)n1)c1ccc(Cl)cc1. The highest BCUT2D eigenvalue weighted by atomic mass is 35.5. The van der Waals surface area contributed by atoms with Crippen LogP contribution in [0.4, 0.5) is 17.6 Å². The zero-order chi connectivity index (χ0) is 18.5. The molecule has 2 aromatic carbocycles. The van der Waals surface area contributed by atoms with Gasteiger partial charge in [0.15, 0.2) is 5.82 Å². The molecule has 0 bridgehead atoms. The largest absolute Gasteiger partial charge is 0.368 e. The van der Waals surface area contributed by atoms with E-state index in [-0.39, 0.29) is 18.0 Å². The maximum absolute atomic E-state index is 5.95. The van der Waals surface area contributed by atoms with Gasteiger partial charge >= 0.3 is 0 Å². The topological polar surface area (TPSA) is 88.8 Å². The molecule has 0 spiro atoms. The van der Waals surface area contributed by atoms with E-state index in [1.807, 2.05) is 61.5 Å². The number of hydrogen-bond donors (Lipinski definition) is 3. The lowest BCUT2D eigenvalue weighted by Gasteiger charge is -2.20. The van der Waals surface area contributed by atoms with Gasteiger partial charge in [-0.1, -0.05) is 41.9 Å². The monoisotopic (exact) mass is 368 g/mol. The number of aromatic nitrogens is 3. The molecule has 26 heavy (non-hydrogen) atoms. The minimum atomic E-state index is -0.109. The Morgan fingerprint density at radius 3 is 2.27 bits per heavy atom. The van der Waals surface area contributed by atoms with E-state index in [9.17, 15) is 0 Å². The van der Waals surface area contributed by atoms with Gasteiger partial charge in [0, 0.05) is 16.8 Å². The summed E-state index contributed by atoms with van der Waals surface area (Å²) in [6, 6.07) is 17.4. The highest BCUT2D eigenvalue weighted by Crippen LogP contribution is 2.21. The van der Waals surface area contributed by atoms with Crippen molar-refractivity contribution in [2.75, 3.05) is 11.1 Å². The van der Waals surface area contributed by atoms with Crippen LogP contribution in [0.2, 0.25) is 5.02 Å². The standard InChI is InChI=1S/C19H21ClN6/c1-12(14-8-10-15(20)11-9-14)22-13(2)17-24-18(21)26-19(25-17)23-16-6-4-3-5-7-16/h3-13,22H,1-2H3,(H3,21,23,24,25,26)/t12-,13-/m1/s1. The van der Waals surface area contributed by atoms with Crippen LogP contribution in [0.5, 0.6) is 0 Å². The maximum atomic E-state index is 5.95. The number of halogens is 1. The van der Waals surface area contributed by atoms with Crippen molar-refractivity contribution in [1.29, 1.82) is 0 Å². The first-order valence-corrected chi connectivity index (χ1v) is 8.74. The van der Waals surface area contributed by atoms with Crippen molar-refractivity contribution in [3.05, 3.63) is 71.0 Å². The van der Waals surface area contributed by atoms with E-state index < -0.39 is 0 Å². The highest BCUT2D eigenvalue weighted by Gasteiger charge is 2.15. The second-order valence-electron chi connectivity index (χ2n) is 6.03.